The Morgan fingerprint density at radius 2 is 1.38 bits per heavy atom. The zero-order valence-electron chi connectivity index (χ0n) is 15.6. The Hall–Kier alpha value is -1.55. The zero-order valence-corrected chi connectivity index (χ0v) is 16.3. The molecule has 0 bridgehead atoms. The summed E-state index contributed by atoms with van der Waals surface area (Å²) < 4.78 is 0. The van der Waals surface area contributed by atoms with Gasteiger partial charge in [-0.3, -0.25) is 9.59 Å². The molecular formula is C21H31ClN2O2. The fourth-order valence-electron chi connectivity index (χ4n) is 3.46. The first-order valence-corrected chi connectivity index (χ1v) is 10.4. The van der Waals surface area contributed by atoms with E-state index >= 15 is 0 Å². The van der Waals surface area contributed by atoms with Gasteiger partial charge in [-0.1, -0.05) is 87.6 Å². The van der Waals surface area contributed by atoms with E-state index in [9.17, 15) is 9.59 Å². The second-order valence-corrected chi connectivity index (χ2v) is 7.61. The largest absolute Gasteiger partial charge is 0.345 e. The van der Waals surface area contributed by atoms with Crippen LogP contribution in [0.25, 0.3) is 0 Å². The fourth-order valence-corrected chi connectivity index (χ4v) is 3.66. The first kappa shape index (κ1) is 20.8. The van der Waals surface area contributed by atoms with Gasteiger partial charge in [0.25, 0.3) is 0 Å². The summed E-state index contributed by atoms with van der Waals surface area (Å²) >= 11 is 6.08. The lowest BCUT2D eigenvalue weighted by atomic mass is 9.98. The van der Waals surface area contributed by atoms with Crippen LogP contribution in [0.2, 0.25) is 5.02 Å². The summed E-state index contributed by atoms with van der Waals surface area (Å²) in [4.78, 5) is 24.3. The van der Waals surface area contributed by atoms with E-state index in [1.165, 1.54) is 44.9 Å². The molecule has 1 aromatic carbocycles. The van der Waals surface area contributed by atoms with E-state index in [1.54, 1.807) is 6.07 Å². The molecule has 0 spiro atoms. The van der Waals surface area contributed by atoms with Crippen molar-refractivity contribution in [1.29, 1.82) is 0 Å². The van der Waals surface area contributed by atoms with Gasteiger partial charge in [-0.25, -0.2) is 0 Å². The van der Waals surface area contributed by atoms with Crippen molar-refractivity contribution in [2.75, 3.05) is 0 Å². The molecule has 0 unspecified atom stereocenters. The fraction of sp³-hybridized carbons (Fsp3) is 0.619. The average Bonchev–Trinajstić information content (AvgIpc) is 2.63. The highest BCUT2D eigenvalue weighted by Crippen LogP contribution is 2.17. The second-order valence-electron chi connectivity index (χ2n) is 7.20. The highest BCUT2D eigenvalue weighted by Gasteiger charge is 2.18. The molecule has 1 aliphatic carbocycles. The number of nitrogens with one attached hydrogen (secondary N) is 2. The monoisotopic (exact) mass is 378 g/mol. The molecule has 1 fully saturated rings. The normalized spacial score (nSPS) is 17.6. The van der Waals surface area contributed by atoms with Gasteiger partial charge in [-0.05, 0) is 24.5 Å². The zero-order chi connectivity index (χ0) is 18.6. The molecule has 0 atom stereocenters. The molecule has 0 heterocycles. The Balaban J connectivity index is 1.78. The van der Waals surface area contributed by atoms with E-state index < -0.39 is 11.8 Å². The SMILES string of the molecule is O=C(NCc1ccccc1Cl)C(=O)NC1CCCCCCCCCCC1. The van der Waals surface area contributed by atoms with Crippen molar-refractivity contribution in [1.82, 2.24) is 10.6 Å². The summed E-state index contributed by atoms with van der Waals surface area (Å²) in [6.45, 7) is 0.261. The van der Waals surface area contributed by atoms with Gasteiger partial charge in [-0.15, -0.1) is 0 Å². The third kappa shape index (κ3) is 7.77. The molecule has 1 aromatic rings. The van der Waals surface area contributed by atoms with Gasteiger partial charge in [0.05, 0.1) is 0 Å². The lowest BCUT2D eigenvalue weighted by Gasteiger charge is -2.19. The minimum Gasteiger partial charge on any atom is -0.345 e. The van der Waals surface area contributed by atoms with Gasteiger partial charge in [0, 0.05) is 17.6 Å². The van der Waals surface area contributed by atoms with Crippen LogP contribution in [-0.2, 0) is 16.1 Å². The lowest BCUT2D eigenvalue weighted by Crippen LogP contribution is -2.44. The molecule has 2 amide bonds. The summed E-state index contributed by atoms with van der Waals surface area (Å²) in [7, 11) is 0. The van der Waals surface area contributed by atoms with Crippen molar-refractivity contribution in [3.8, 4) is 0 Å². The molecule has 0 aliphatic heterocycles. The molecule has 144 valence electrons. The predicted octanol–water partition coefficient (Wildman–Crippen LogP) is 4.75. The van der Waals surface area contributed by atoms with E-state index in [4.69, 9.17) is 11.6 Å². The van der Waals surface area contributed by atoms with Crippen molar-refractivity contribution >= 4 is 23.4 Å². The van der Waals surface area contributed by atoms with E-state index in [1.807, 2.05) is 18.2 Å². The summed E-state index contributed by atoms with van der Waals surface area (Å²) in [6, 6.07) is 7.41. The van der Waals surface area contributed by atoms with Gasteiger partial charge in [0.1, 0.15) is 0 Å². The summed E-state index contributed by atoms with van der Waals surface area (Å²) in [5.41, 5.74) is 0.807. The number of carbonyl (C=O) groups is 2. The molecule has 1 saturated carbocycles. The third-order valence-electron chi connectivity index (χ3n) is 5.04. The van der Waals surface area contributed by atoms with Gasteiger partial charge in [0.2, 0.25) is 0 Å². The highest BCUT2D eigenvalue weighted by molar-refractivity contribution is 6.35. The molecule has 0 saturated heterocycles. The van der Waals surface area contributed by atoms with Crippen LogP contribution in [0.15, 0.2) is 24.3 Å². The van der Waals surface area contributed by atoms with Crippen LogP contribution in [0.1, 0.15) is 76.2 Å². The van der Waals surface area contributed by atoms with Crippen LogP contribution in [0.3, 0.4) is 0 Å². The van der Waals surface area contributed by atoms with Gasteiger partial charge in [-0.2, -0.15) is 0 Å². The van der Waals surface area contributed by atoms with E-state index in [2.05, 4.69) is 10.6 Å². The average molecular weight is 379 g/mol. The van der Waals surface area contributed by atoms with Crippen LogP contribution >= 0.6 is 11.6 Å². The lowest BCUT2D eigenvalue weighted by molar-refractivity contribution is -0.139. The molecule has 2 N–H and O–H groups in total. The standard InChI is InChI=1S/C21H31ClN2O2/c22-19-15-11-10-12-17(19)16-23-20(25)21(26)24-18-13-8-6-4-2-1-3-5-7-9-14-18/h10-12,15,18H,1-9,13-14,16H2,(H,23,25)(H,24,26). The molecule has 5 heteroatoms. The second kappa shape index (κ2) is 11.9. The first-order valence-electron chi connectivity index (χ1n) is 9.99. The number of rotatable bonds is 3. The van der Waals surface area contributed by atoms with Crippen molar-refractivity contribution < 1.29 is 9.59 Å². The van der Waals surface area contributed by atoms with E-state index in [0.29, 0.717) is 5.02 Å². The smallest absolute Gasteiger partial charge is 0.309 e. The first-order chi connectivity index (χ1) is 12.7. The van der Waals surface area contributed by atoms with Gasteiger partial charge < -0.3 is 10.6 Å². The highest BCUT2D eigenvalue weighted by atomic mass is 35.5. The Morgan fingerprint density at radius 3 is 1.96 bits per heavy atom. The topological polar surface area (TPSA) is 58.2 Å². The van der Waals surface area contributed by atoms with E-state index in [-0.39, 0.29) is 12.6 Å². The number of carbonyl (C=O) groups excluding carboxylic acids is 2. The molecule has 1 aliphatic rings. The third-order valence-corrected chi connectivity index (χ3v) is 5.41. The van der Waals surface area contributed by atoms with Gasteiger partial charge in [0.15, 0.2) is 0 Å². The number of halogens is 1. The maximum Gasteiger partial charge on any atom is 0.309 e. The molecular weight excluding hydrogens is 348 g/mol. The maximum absolute atomic E-state index is 12.2. The molecule has 26 heavy (non-hydrogen) atoms. The Kier molecular flexibility index (Phi) is 9.54. The number of hydrogen-bond acceptors (Lipinski definition) is 2. The van der Waals surface area contributed by atoms with E-state index in [0.717, 1.165) is 31.2 Å². The minimum atomic E-state index is -0.587. The maximum atomic E-state index is 12.2. The number of amides is 2. The minimum absolute atomic E-state index is 0.105. The quantitative estimate of drug-likeness (QED) is 0.746. The number of hydrogen-bond donors (Lipinski definition) is 2. The summed E-state index contributed by atoms with van der Waals surface area (Å²) in [5.74, 6) is -1.12. The van der Waals surface area contributed by atoms with Crippen LogP contribution in [0, 0.1) is 0 Å². The van der Waals surface area contributed by atoms with Gasteiger partial charge >= 0.3 is 11.8 Å². The van der Waals surface area contributed by atoms with Crippen LogP contribution < -0.4 is 10.6 Å². The van der Waals surface area contributed by atoms with Crippen LogP contribution in [0.4, 0.5) is 0 Å². The predicted molar refractivity (Wildman–Crippen MR) is 106 cm³/mol. The molecule has 0 aromatic heterocycles. The molecule has 4 nitrogen and oxygen atoms in total. The van der Waals surface area contributed by atoms with Crippen molar-refractivity contribution in [2.24, 2.45) is 0 Å². The van der Waals surface area contributed by atoms with Crippen LogP contribution in [-0.4, -0.2) is 17.9 Å². The van der Waals surface area contributed by atoms with Crippen LogP contribution in [0.5, 0.6) is 0 Å². The Labute approximate surface area is 162 Å². The van der Waals surface area contributed by atoms with Crippen molar-refractivity contribution in [3.05, 3.63) is 34.9 Å². The van der Waals surface area contributed by atoms with Crippen molar-refractivity contribution in [3.63, 3.8) is 0 Å². The Morgan fingerprint density at radius 1 is 0.846 bits per heavy atom. The Bertz CT molecular complexity index is 565. The van der Waals surface area contributed by atoms with Crippen molar-refractivity contribution in [2.45, 2.75) is 83.2 Å². The summed E-state index contributed by atoms with van der Waals surface area (Å²) in [5, 5.41) is 6.19. The molecule has 0 radical (unpaired) electrons. The molecule has 2 rings (SSSR count). The number of benzene rings is 1. The summed E-state index contributed by atoms with van der Waals surface area (Å²) in [6.07, 6.45) is 13.1.